The quantitative estimate of drug-likeness (QED) is 0.180. The van der Waals surface area contributed by atoms with Crippen molar-refractivity contribution in [3.8, 4) is 11.1 Å². The van der Waals surface area contributed by atoms with Gasteiger partial charge in [-0.2, -0.15) is 0 Å². The summed E-state index contributed by atoms with van der Waals surface area (Å²) in [5.74, 6) is 0.417. The third kappa shape index (κ3) is 5.74. The van der Waals surface area contributed by atoms with Gasteiger partial charge in [0.2, 0.25) is 0 Å². The minimum atomic E-state index is -4.44. The summed E-state index contributed by atoms with van der Waals surface area (Å²) in [5, 5.41) is 1.65. The Morgan fingerprint density at radius 1 is 0.818 bits per heavy atom. The van der Waals surface area contributed by atoms with Gasteiger partial charge < -0.3 is 0 Å². The molecule has 238 valence electrons. The molecular weight excluding hydrogens is 671 g/mol. The van der Waals surface area contributed by atoms with E-state index in [0.717, 1.165) is 10.5 Å². The van der Waals surface area contributed by atoms with E-state index in [-0.39, 0.29) is 35.6 Å². The molecule has 0 saturated carbocycles. The fourth-order valence-corrected chi connectivity index (χ4v) is 27.3. The van der Waals surface area contributed by atoms with Crippen LogP contribution in [0.5, 0.6) is 0 Å². The zero-order chi connectivity index (χ0) is 31.1. The van der Waals surface area contributed by atoms with E-state index in [2.05, 4.69) is 149 Å². The SMILES string of the molecule is Cl.Cl.[CH2]=[Zr]([CH2]C)([C]1=C(C)C([Si](C)(C)C)=CC1C)([c]1ccccc1)[c]1cc(C(C)(C)C)cc2c1Cc1ccc(C(C)(C)C)cc1-2. The average molecular weight is 727 g/mol. The summed E-state index contributed by atoms with van der Waals surface area (Å²) in [7, 11) is -1.53. The molecular formula is C40H56Cl2SiZr. The number of hydrogen-bond acceptors (Lipinski definition) is 0. The first-order valence-electron chi connectivity index (χ1n) is 16.2. The van der Waals surface area contributed by atoms with Crippen molar-refractivity contribution in [3.05, 3.63) is 103 Å². The topological polar surface area (TPSA) is 0 Å². The molecule has 5 rings (SSSR count). The van der Waals surface area contributed by atoms with Crippen LogP contribution in [-0.4, -0.2) is 12.3 Å². The van der Waals surface area contributed by atoms with Gasteiger partial charge in [-0.15, -0.1) is 24.8 Å². The maximum atomic E-state index is 5.71. The Morgan fingerprint density at radius 3 is 1.89 bits per heavy atom. The van der Waals surface area contributed by atoms with Gasteiger partial charge in [-0.3, -0.25) is 0 Å². The molecule has 0 nitrogen and oxygen atoms in total. The van der Waals surface area contributed by atoms with Gasteiger partial charge in [-0.1, -0.05) is 0 Å². The van der Waals surface area contributed by atoms with Crippen molar-refractivity contribution in [2.45, 2.75) is 103 Å². The minimum absolute atomic E-state index is 0. The molecule has 0 saturated heterocycles. The molecule has 0 spiro atoms. The van der Waals surface area contributed by atoms with Crippen molar-refractivity contribution in [2.24, 2.45) is 5.92 Å². The molecule has 0 aromatic heterocycles. The Morgan fingerprint density at radius 2 is 1.39 bits per heavy atom. The summed E-state index contributed by atoms with van der Waals surface area (Å²) < 4.78 is 11.7. The molecule has 0 N–H and O–H groups in total. The molecule has 0 heterocycles. The van der Waals surface area contributed by atoms with Gasteiger partial charge in [0.25, 0.3) is 0 Å². The number of fused-ring (bicyclic) bond motifs is 3. The van der Waals surface area contributed by atoms with Crippen LogP contribution in [0.25, 0.3) is 11.1 Å². The van der Waals surface area contributed by atoms with Crippen molar-refractivity contribution in [1.82, 2.24) is 0 Å². The first-order chi connectivity index (χ1) is 19.3. The zero-order valence-electron chi connectivity index (χ0n) is 29.4. The molecule has 1 atom stereocenters. The Hall–Kier alpha value is -1.31. The molecule has 3 aromatic rings. The van der Waals surface area contributed by atoms with Gasteiger partial charge in [0.1, 0.15) is 0 Å². The number of halogens is 2. The van der Waals surface area contributed by atoms with Crippen molar-refractivity contribution < 1.29 is 18.3 Å². The number of allylic oxidation sites excluding steroid dienone is 4. The standard InChI is InChI=1S/C21H25.C10H17Si.C6H5.C2H5.CH2.2ClH.Zr/c1-20(2,3)16-9-7-14-11-15-8-10-17(21(4,5)6)13-19(15)18(14)12-16;1-8-6-9(2)10(7-8)11(3,4)5;1-2-4-6-5-3-1;1-2;;;;/h7,9-10,12-13H,11H2,1-6H3;7-8H,1-5H3;1-5H;1H2,2H3;1H2;2*1H;. The third-order valence-electron chi connectivity index (χ3n) is 10.8. The van der Waals surface area contributed by atoms with Crippen LogP contribution < -0.4 is 6.54 Å². The van der Waals surface area contributed by atoms with Crippen LogP contribution in [0, 0.1) is 5.92 Å². The second-order valence-electron chi connectivity index (χ2n) is 16.7. The molecule has 3 aromatic carbocycles. The Labute approximate surface area is 283 Å². The Balaban J connectivity index is 0.00000264. The van der Waals surface area contributed by atoms with Crippen molar-refractivity contribution in [3.63, 3.8) is 0 Å². The van der Waals surface area contributed by atoms with Crippen LogP contribution in [0.4, 0.5) is 0 Å². The molecule has 44 heavy (non-hydrogen) atoms. The van der Waals surface area contributed by atoms with Crippen LogP contribution in [0.3, 0.4) is 0 Å². The van der Waals surface area contributed by atoms with Crippen LogP contribution in [0.15, 0.2) is 80.8 Å². The summed E-state index contributed by atoms with van der Waals surface area (Å²) in [6, 6.07) is 24.1. The molecule has 0 bridgehead atoms. The zero-order valence-corrected chi connectivity index (χ0v) is 34.5. The third-order valence-corrected chi connectivity index (χ3v) is 30.6. The van der Waals surface area contributed by atoms with Crippen LogP contribution in [0.1, 0.15) is 84.6 Å². The fraction of sp³-hybridized carbons (Fsp3) is 0.425. The number of hydrogen-bond donors (Lipinski definition) is 0. The van der Waals surface area contributed by atoms with E-state index in [1.54, 1.807) is 22.9 Å². The normalized spacial score (nSPS) is 17.0. The van der Waals surface area contributed by atoms with E-state index < -0.39 is 26.4 Å². The summed E-state index contributed by atoms with van der Waals surface area (Å²) in [4.78, 5) is 0. The van der Waals surface area contributed by atoms with Gasteiger partial charge in [-0.25, -0.2) is 0 Å². The molecule has 1 unspecified atom stereocenters. The Bertz CT molecular complexity index is 1700. The predicted octanol–water partition coefficient (Wildman–Crippen LogP) is 10.9. The van der Waals surface area contributed by atoms with Crippen molar-refractivity contribution >= 4 is 43.6 Å². The van der Waals surface area contributed by atoms with Crippen LogP contribution in [0.2, 0.25) is 23.8 Å². The van der Waals surface area contributed by atoms with E-state index in [1.807, 2.05) is 0 Å². The van der Waals surface area contributed by atoms with Gasteiger partial charge in [0, 0.05) is 0 Å². The molecule has 0 amide bonds. The van der Waals surface area contributed by atoms with Gasteiger partial charge >= 0.3 is 261 Å². The monoisotopic (exact) mass is 724 g/mol. The van der Waals surface area contributed by atoms with Gasteiger partial charge in [0.15, 0.2) is 0 Å². The number of benzene rings is 3. The molecule has 2 aliphatic rings. The van der Waals surface area contributed by atoms with Crippen LogP contribution >= 0.6 is 24.8 Å². The first-order valence-corrected chi connectivity index (χ1v) is 26.8. The van der Waals surface area contributed by atoms with Crippen molar-refractivity contribution in [2.75, 3.05) is 0 Å². The van der Waals surface area contributed by atoms with Crippen LogP contribution in [-0.2, 0) is 35.5 Å². The molecule has 4 heteroatoms. The van der Waals surface area contributed by atoms with E-state index in [4.69, 9.17) is 4.21 Å². The summed E-state index contributed by atoms with van der Waals surface area (Å²) >= 11 is -4.44. The first kappa shape index (κ1) is 37.2. The summed E-state index contributed by atoms with van der Waals surface area (Å²) in [6.45, 7) is 29.1. The predicted molar refractivity (Wildman–Crippen MR) is 203 cm³/mol. The van der Waals surface area contributed by atoms with E-state index in [1.165, 1.54) is 31.1 Å². The second kappa shape index (κ2) is 12.0. The van der Waals surface area contributed by atoms with E-state index in [0.29, 0.717) is 5.92 Å². The molecule has 0 aliphatic heterocycles. The molecule has 0 radical (unpaired) electrons. The maximum absolute atomic E-state index is 5.71. The van der Waals surface area contributed by atoms with E-state index in [9.17, 15) is 0 Å². The van der Waals surface area contributed by atoms with E-state index >= 15 is 0 Å². The summed E-state index contributed by atoms with van der Waals surface area (Å²) in [6.07, 6.45) is 3.66. The second-order valence-corrected chi connectivity index (χ2v) is 35.8. The molecule has 2 aliphatic carbocycles. The van der Waals surface area contributed by atoms with Gasteiger partial charge in [-0.05, 0) is 0 Å². The fourth-order valence-electron chi connectivity index (χ4n) is 8.35. The number of rotatable bonds is 5. The molecule has 0 fully saturated rings. The Kier molecular flexibility index (Phi) is 10.2. The summed E-state index contributed by atoms with van der Waals surface area (Å²) in [5.41, 5.74) is 10.5. The van der Waals surface area contributed by atoms with Crippen molar-refractivity contribution in [1.29, 1.82) is 0 Å². The average Bonchev–Trinajstić information content (AvgIpc) is 3.43. The van der Waals surface area contributed by atoms with Gasteiger partial charge in [0.05, 0.1) is 0 Å².